The van der Waals surface area contributed by atoms with Crippen molar-refractivity contribution in [1.82, 2.24) is 16.0 Å². The van der Waals surface area contributed by atoms with Gasteiger partial charge in [-0.3, -0.25) is 14.4 Å². The number of furan rings is 1. The Morgan fingerprint density at radius 3 is 2.37 bits per heavy atom. The molecular formula is C19H22FN3O4. The molecule has 0 saturated carbocycles. The van der Waals surface area contributed by atoms with Crippen molar-refractivity contribution in [1.29, 1.82) is 0 Å². The summed E-state index contributed by atoms with van der Waals surface area (Å²) in [6.07, 6.45) is 1.50. The van der Waals surface area contributed by atoms with Gasteiger partial charge in [0.15, 0.2) is 0 Å². The summed E-state index contributed by atoms with van der Waals surface area (Å²) in [5, 5.41) is 7.72. The molecule has 0 saturated heterocycles. The first-order chi connectivity index (χ1) is 12.9. The molecule has 2 aromatic rings. The van der Waals surface area contributed by atoms with Crippen molar-refractivity contribution in [2.24, 2.45) is 5.92 Å². The van der Waals surface area contributed by atoms with Crippen LogP contribution in [0.2, 0.25) is 0 Å². The molecule has 3 N–H and O–H groups in total. The number of rotatable bonds is 8. The van der Waals surface area contributed by atoms with Gasteiger partial charge in [-0.25, -0.2) is 4.39 Å². The quantitative estimate of drug-likeness (QED) is 0.652. The molecule has 1 atom stereocenters. The van der Waals surface area contributed by atoms with E-state index >= 15 is 0 Å². The lowest BCUT2D eigenvalue weighted by Gasteiger charge is -2.21. The van der Waals surface area contributed by atoms with Crippen molar-refractivity contribution in [3.8, 4) is 0 Å². The third-order valence-electron chi connectivity index (χ3n) is 3.81. The van der Waals surface area contributed by atoms with Gasteiger partial charge in [-0.1, -0.05) is 13.8 Å². The number of carbonyl (C=O) groups is 3. The van der Waals surface area contributed by atoms with Crippen LogP contribution >= 0.6 is 0 Å². The summed E-state index contributed by atoms with van der Waals surface area (Å²) in [5.74, 6) is -1.42. The maximum Gasteiger partial charge on any atom is 0.251 e. The van der Waals surface area contributed by atoms with Crippen LogP contribution in [0.1, 0.15) is 30.0 Å². The Morgan fingerprint density at radius 1 is 1.07 bits per heavy atom. The van der Waals surface area contributed by atoms with Crippen LogP contribution in [0.3, 0.4) is 0 Å². The Hall–Kier alpha value is -3.16. The maximum atomic E-state index is 13.0. The second-order valence-electron chi connectivity index (χ2n) is 6.28. The third-order valence-corrected chi connectivity index (χ3v) is 3.81. The van der Waals surface area contributed by atoms with Crippen LogP contribution in [0.25, 0.3) is 0 Å². The van der Waals surface area contributed by atoms with Gasteiger partial charge in [0, 0.05) is 5.56 Å². The fourth-order valence-corrected chi connectivity index (χ4v) is 2.30. The van der Waals surface area contributed by atoms with Crippen LogP contribution in [-0.2, 0) is 16.1 Å². The second kappa shape index (κ2) is 9.51. The summed E-state index contributed by atoms with van der Waals surface area (Å²) in [4.78, 5) is 36.4. The number of hydrogen-bond donors (Lipinski definition) is 3. The van der Waals surface area contributed by atoms with E-state index in [1.165, 1.54) is 30.5 Å². The summed E-state index contributed by atoms with van der Waals surface area (Å²) >= 11 is 0. The molecule has 0 aliphatic rings. The van der Waals surface area contributed by atoms with Crippen LogP contribution in [0.15, 0.2) is 47.1 Å². The lowest BCUT2D eigenvalue weighted by Crippen LogP contribution is -2.51. The highest BCUT2D eigenvalue weighted by Crippen LogP contribution is 2.07. The summed E-state index contributed by atoms with van der Waals surface area (Å²) in [7, 11) is 0. The van der Waals surface area contributed by atoms with Gasteiger partial charge in [-0.2, -0.15) is 0 Å². The number of hydrogen-bond acceptors (Lipinski definition) is 4. The van der Waals surface area contributed by atoms with E-state index in [2.05, 4.69) is 16.0 Å². The van der Waals surface area contributed by atoms with Crippen molar-refractivity contribution in [2.75, 3.05) is 6.54 Å². The average molecular weight is 375 g/mol. The van der Waals surface area contributed by atoms with Gasteiger partial charge in [0.2, 0.25) is 11.8 Å². The maximum absolute atomic E-state index is 13.0. The first kappa shape index (κ1) is 20.2. The van der Waals surface area contributed by atoms with Gasteiger partial charge < -0.3 is 20.4 Å². The summed E-state index contributed by atoms with van der Waals surface area (Å²) in [6.45, 7) is 3.53. The zero-order valence-electron chi connectivity index (χ0n) is 15.1. The SMILES string of the molecule is CC(C)[C@H](NC(=O)c1ccc(F)cc1)C(=O)NCC(=O)NCc1ccco1. The molecule has 1 aromatic carbocycles. The van der Waals surface area contributed by atoms with Crippen LogP contribution in [0.4, 0.5) is 4.39 Å². The largest absolute Gasteiger partial charge is 0.467 e. The summed E-state index contributed by atoms with van der Waals surface area (Å²) in [6, 6.07) is 7.61. The Morgan fingerprint density at radius 2 is 1.78 bits per heavy atom. The first-order valence-electron chi connectivity index (χ1n) is 8.50. The molecule has 7 nitrogen and oxygen atoms in total. The second-order valence-corrected chi connectivity index (χ2v) is 6.28. The van der Waals surface area contributed by atoms with Crippen molar-refractivity contribution < 1.29 is 23.2 Å². The van der Waals surface area contributed by atoms with E-state index in [0.717, 1.165) is 0 Å². The highest BCUT2D eigenvalue weighted by molar-refractivity contribution is 5.98. The fourth-order valence-electron chi connectivity index (χ4n) is 2.30. The minimum Gasteiger partial charge on any atom is -0.467 e. The molecule has 8 heteroatoms. The minimum absolute atomic E-state index is 0.208. The van der Waals surface area contributed by atoms with E-state index in [1.807, 2.05) is 0 Å². The van der Waals surface area contributed by atoms with Crippen LogP contribution in [0.5, 0.6) is 0 Å². The predicted molar refractivity (Wildman–Crippen MR) is 96.1 cm³/mol. The topological polar surface area (TPSA) is 100 Å². The molecule has 144 valence electrons. The average Bonchev–Trinajstić information content (AvgIpc) is 3.16. The molecule has 27 heavy (non-hydrogen) atoms. The Balaban J connectivity index is 1.85. The molecule has 0 fully saturated rings. The Labute approximate surface area is 156 Å². The molecule has 1 aromatic heterocycles. The van der Waals surface area contributed by atoms with Crippen molar-refractivity contribution in [2.45, 2.75) is 26.4 Å². The smallest absolute Gasteiger partial charge is 0.251 e. The molecule has 1 heterocycles. The van der Waals surface area contributed by atoms with Gasteiger partial charge in [-0.15, -0.1) is 0 Å². The van der Waals surface area contributed by atoms with E-state index in [1.54, 1.807) is 26.0 Å². The van der Waals surface area contributed by atoms with Crippen molar-refractivity contribution >= 4 is 17.7 Å². The molecule has 0 unspecified atom stereocenters. The van der Waals surface area contributed by atoms with Crippen LogP contribution in [-0.4, -0.2) is 30.3 Å². The van der Waals surface area contributed by atoms with Gasteiger partial charge >= 0.3 is 0 Å². The summed E-state index contributed by atoms with van der Waals surface area (Å²) in [5.41, 5.74) is 0.242. The van der Waals surface area contributed by atoms with Crippen molar-refractivity contribution in [3.63, 3.8) is 0 Å². The van der Waals surface area contributed by atoms with Crippen LogP contribution in [0, 0.1) is 11.7 Å². The monoisotopic (exact) mass is 375 g/mol. The molecule has 0 aliphatic carbocycles. The van der Waals surface area contributed by atoms with Crippen molar-refractivity contribution in [3.05, 3.63) is 59.8 Å². The van der Waals surface area contributed by atoms with Gasteiger partial charge in [0.25, 0.3) is 5.91 Å². The van der Waals surface area contributed by atoms with Crippen LogP contribution < -0.4 is 16.0 Å². The number of benzene rings is 1. The van der Waals surface area contributed by atoms with E-state index in [4.69, 9.17) is 4.42 Å². The Bertz CT molecular complexity index is 773. The summed E-state index contributed by atoms with van der Waals surface area (Å²) < 4.78 is 18.1. The molecule has 0 radical (unpaired) electrons. The Kier molecular flexibility index (Phi) is 7.10. The number of amides is 3. The predicted octanol–water partition coefficient (Wildman–Crippen LogP) is 1.61. The number of halogens is 1. The standard InChI is InChI=1S/C19H22FN3O4/c1-12(2)17(23-18(25)13-5-7-14(20)8-6-13)19(26)22-11-16(24)21-10-15-4-3-9-27-15/h3-9,12,17H,10-11H2,1-2H3,(H,21,24)(H,22,26)(H,23,25)/t17-/m0/s1. The molecule has 0 spiro atoms. The molecule has 2 rings (SSSR count). The molecule has 0 bridgehead atoms. The number of carbonyl (C=O) groups excluding carboxylic acids is 3. The highest BCUT2D eigenvalue weighted by Gasteiger charge is 2.25. The third kappa shape index (κ3) is 6.25. The molecule has 0 aliphatic heterocycles. The molecule has 3 amide bonds. The van der Waals surface area contributed by atoms with E-state index in [9.17, 15) is 18.8 Å². The van der Waals surface area contributed by atoms with E-state index in [0.29, 0.717) is 5.76 Å². The normalized spacial score (nSPS) is 11.7. The van der Waals surface area contributed by atoms with Gasteiger partial charge in [-0.05, 0) is 42.3 Å². The fraction of sp³-hybridized carbons (Fsp3) is 0.316. The highest BCUT2D eigenvalue weighted by atomic mass is 19.1. The van der Waals surface area contributed by atoms with Gasteiger partial charge in [0.1, 0.15) is 17.6 Å². The molecular weight excluding hydrogens is 353 g/mol. The minimum atomic E-state index is -0.833. The lowest BCUT2D eigenvalue weighted by molar-refractivity contribution is -0.127. The van der Waals surface area contributed by atoms with E-state index < -0.39 is 23.7 Å². The van der Waals surface area contributed by atoms with E-state index in [-0.39, 0.29) is 30.5 Å². The lowest BCUT2D eigenvalue weighted by atomic mass is 10.0. The van der Waals surface area contributed by atoms with Gasteiger partial charge in [0.05, 0.1) is 19.4 Å². The zero-order valence-corrected chi connectivity index (χ0v) is 15.1. The number of nitrogens with one attached hydrogen (secondary N) is 3. The zero-order chi connectivity index (χ0) is 19.8. The first-order valence-corrected chi connectivity index (χ1v) is 8.50.